The number of rotatable bonds is 7. The second-order valence-corrected chi connectivity index (χ2v) is 4.66. The number of hydrogen-bond donors (Lipinski definition) is 1. The average Bonchev–Trinajstić information content (AvgIpc) is 2.33. The van der Waals surface area contributed by atoms with Gasteiger partial charge in [0.15, 0.2) is 0 Å². The maximum atomic E-state index is 5.71. The molecule has 1 N–H and O–H groups in total. The van der Waals surface area contributed by atoms with Crippen molar-refractivity contribution < 1.29 is 4.74 Å². The third-order valence-corrected chi connectivity index (χ3v) is 2.74. The van der Waals surface area contributed by atoms with E-state index in [1.165, 1.54) is 0 Å². The van der Waals surface area contributed by atoms with Crippen molar-refractivity contribution in [2.45, 2.75) is 20.3 Å². The standard InChI is InChI=1S/C14H20BrNO/c1-3-10-17-14-8-7-13(15)11-12(14)6-5-9-16-4-2/h5-8,11,16H,3-4,9-10H2,1-2H3. The fourth-order valence-electron chi connectivity index (χ4n) is 1.41. The lowest BCUT2D eigenvalue weighted by molar-refractivity contribution is 0.317. The molecule has 0 unspecified atom stereocenters. The van der Waals surface area contributed by atoms with Gasteiger partial charge in [0.25, 0.3) is 0 Å². The molecule has 17 heavy (non-hydrogen) atoms. The smallest absolute Gasteiger partial charge is 0.126 e. The van der Waals surface area contributed by atoms with Crippen LogP contribution in [-0.2, 0) is 0 Å². The van der Waals surface area contributed by atoms with Gasteiger partial charge in [-0.05, 0) is 31.2 Å². The summed E-state index contributed by atoms with van der Waals surface area (Å²) in [6.45, 7) is 6.84. The molecule has 1 aromatic rings. The average molecular weight is 298 g/mol. The summed E-state index contributed by atoms with van der Waals surface area (Å²) in [5, 5.41) is 3.26. The lowest BCUT2D eigenvalue weighted by Crippen LogP contribution is -2.11. The molecule has 0 heterocycles. The van der Waals surface area contributed by atoms with E-state index in [1.807, 2.05) is 12.1 Å². The van der Waals surface area contributed by atoms with Gasteiger partial charge in [-0.2, -0.15) is 0 Å². The van der Waals surface area contributed by atoms with Crippen LogP contribution < -0.4 is 10.1 Å². The summed E-state index contributed by atoms with van der Waals surface area (Å²) >= 11 is 3.48. The van der Waals surface area contributed by atoms with Crippen LogP contribution >= 0.6 is 15.9 Å². The molecule has 0 atom stereocenters. The summed E-state index contributed by atoms with van der Waals surface area (Å²) in [7, 11) is 0. The number of likely N-dealkylation sites (N-methyl/N-ethyl adjacent to an activating group) is 1. The number of nitrogens with one attached hydrogen (secondary N) is 1. The van der Waals surface area contributed by atoms with E-state index < -0.39 is 0 Å². The molecule has 0 saturated carbocycles. The molecule has 0 saturated heterocycles. The first-order valence-electron chi connectivity index (χ1n) is 6.07. The molecular weight excluding hydrogens is 278 g/mol. The molecule has 2 nitrogen and oxygen atoms in total. The van der Waals surface area contributed by atoms with Gasteiger partial charge >= 0.3 is 0 Å². The highest BCUT2D eigenvalue weighted by Gasteiger charge is 2.01. The minimum Gasteiger partial charge on any atom is -0.493 e. The highest BCUT2D eigenvalue weighted by Crippen LogP contribution is 2.24. The van der Waals surface area contributed by atoms with Gasteiger partial charge in [0.2, 0.25) is 0 Å². The maximum Gasteiger partial charge on any atom is 0.126 e. The van der Waals surface area contributed by atoms with Crippen LogP contribution in [0.1, 0.15) is 25.8 Å². The highest BCUT2D eigenvalue weighted by molar-refractivity contribution is 9.10. The van der Waals surface area contributed by atoms with Crippen LogP contribution in [0.3, 0.4) is 0 Å². The Labute approximate surface area is 112 Å². The number of ether oxygens (including phenoxy) is 1. The van der Waals surface area contributed by atoms with Gasteiger partial charge in [0, 0.05) is 16.6 Å². The predicted molar refractivity (Wildman–Crippen MR) is 77.5 cm³/mol. The molecule has 3 heteroatoms. The lowest BCUT2D eigenvalue weighted by atomic mass is 10.2. The minimum absolute atomic E-state index is 0.760. The number of halogens is 1. The van der Waals surface area contributed by atoms with Crippen LogP contribution in [0.15, 0.2) is 28.7 Å². The van der Waals surface area contributed by atoms with Crippen molar-refractivity contribution in [2.75, 3.05) is 19.7 Å². The minimum atomic E-state index is 0.760. The summed E-state index contributed by atoms with van der Waals surface area (Å²) in [6, 6.07) is 6.09. The normalized spacial score (nSPS) is 11.0. The molecule has 0 aliphatic heterocycles. The number of hydrogen-bond acceptors (Lipinski definition) is 2. The quantitative estimate of drug-likeness (QED) is 0.772. The van der Waals surface area contributed by atoms with Gasteiger partial charge < -0.3 is 10.1 Å². The Morgan fingerprint density at radius 2 is 2.18 bits per heavy atom. The van der Waals surface area contributed by atoms with Gasteiger partial charge in [-0.15, -0.1) is 0 Å². The monoisotopic (exact) mass is 297 g/mol. The Morgan fingerprint density at radius 3 is 2.88 bits per heavy atom. The molecule has 94 valence electrons. The zero-order valence-corrected chi connectivity index (χ0v) is 12.1. The fraction of sp³-hybridized carbons (Fsp3) is 0.429. The largest absolute Gasteiger partial charge is 0.493 e. The van der Waals surface area contributed by atoms with E-state index in [-0.39, 0.29) is 0 Å². The molecule has 0 fully saturated rings. The zero-order chi connectivity index (χ0) is 12.5. The van der Waals surface area contributed by atoms with E-state index in [9.17, 15) is 0 Å². The second kappa shape index (κ2) is 8.31. The molecule has 0 aromatic heterocycles. The highest BCUT2D eigenvalue weighted by atomic mass is 79.9. The molecule has 0 radical (unpaired) electrons. The van der Waals surface area contributed by atoms with Crippen LogP contribution in [0.5, 0.6) is 5.75 Å². The van der Waals surface area contributed by atoms with Gasteiger partial charge in [0.1, 0.15) is 5.75 Å². The Kier molecular flexibility index (Phi) is 6.97. The van der Waals surface area contributed by atoms with E-state index in [0.29, 0.717) is 0 Å². The second-order valence-electron chi connectivity index (χ2n) is 3.74. The van der Waals surface area contributed by atoms with Crippen molar-refractivity contribution >= 4 is 22.0 Å². The van der Waals surface area contributed by atoms with Gasteiger partial charge in [-0.1, -0.05) is 41.9 Å². The molecule has 0 spiro atoms. The Morgan fingerprint density at radius 1 is 1.35 bits per heavy atom. The first-order chi connectivity index (χ1) is 8.27. The van der Waals surface area contributed by atoms with Crippen molar-refractivity contribution in [3.05, 3.63) is 34.3 Å². The van der Waals surface area contributed by atoms with Crippen molar-refractivity contribution in [3.63, 3.8) is 0 Å². The first kappa shape index (κ1) is 14.3. The van der Waals surface area contributed by atoms with Gasteiger partial charge in [-0.25, -0.2) is 0 Å². The topological polar surface area (TPSA) is 21.3 Å². The zero-order valence-electron chi connectivity index (χ0n) is 10.5. The predicted octanol–water partition coefficient (Wildman–Crippen LogP) is 3.86. The van der Waals surface area contributed by atoms with Crippen LogP contribution in [0.2, 0.25) is 0 Å². The molecule has 0 amide bonds. The van der Waals surface area contributed by atoms with E-state index in [2.05, 4.69) is 53.3 Å². The molecule has 1 aromatic carbocycles. The van der Waals surface area contributed by atoms with Crippen LogP contribution in [0, 0.1) is 0 Å². The molecule has 0 aliphatic rings. The third-order valence-electron chi connectivity index (χ3n) is 2.24. The summed E-state index contributed by atoms with van der Waals surface area (Å²) in [5.74, 6) is 0.947. The summed E-state index contributed by atoms with van der Waals surface area (Å²) < 4.78 is 6.78. The van der Waals surface area contributed by atoms with Crippen LogP contribution in [-0.4, -0.2) is 19.7 Å². The Bertz CT molecular complexity index is 363. The summed E-state index contributed by atoms with van der Waals surface area (Å²) in [4.78, 5) is 0. The summed E-state index contributed by atoms with van der Waals surface area (Å²) in [6.07, 6.45) is 5.24. The third kappa shape index (κ3) is 5.37. The van der Waals surface area contributed by atoms with Crippen molar-refractivity contribution in [2.24, 2.45) is 0 Å². The Balaban J connectivity index is 2.72. The van der Waals surface area contributed by atoms with E-state index in [4.69, 9.17) is 4.74 Å². The van der Waals surface area contributed by atoms with E-state index in [0.717, 1.165) is 41.9 Å². The van der Waals surface area contributed by atoms with E-state index in [1.54, 1.807) is 0 Å². The van der Waals surface area contributed by atoms with Crippen molar-refractivity contribution in [1.82, 2.24) is 5.32 Å². The number of benzene rings is 1. The van der Waals surface area contributed by atoms with Gasteiger partial charge in [0.05, 0.1) is 6.61 Å². The van der Waals surface area contributed by atoms with Crippen molar-refractivity contribution in [1.29, 1.82) is 0 Å². The lowest BCUT2D eigenvalue weighted by Gasteiger charge is -2.08. The van der Waals surface area contributed by atoms with Crippen molar-refractivity contribution in [3.8, 4) is 5.75 Å². The SMILES string of the molecule is CCCOc1ccc(Br)cc1C=CCNCC. The molecular formula is C14H20BrNO. The maximum absolute atomic E-state index is 5.71. The summed E-state index contributed by atoms with van der Waals surface area (Å²) in [5.41, 5.74) is 1.12. The fourth-order valence-corrected chi connectivity index (χ4v) is 1.79. The van der Waals surface area contributed by atoms with Gasteiger partial charge in [-0.3, -0.25) is 0 Å². The van der Waals surface area contributed by atoms with Crippen LogP contribution in [0.4, 0.5) is 0 Å². The Hall–Kier alpha value is -0.800. The molecule has 1 rings (SSSR count). The van der Waals surface area contributed by atoms with E-state index >= 15 is 0 Å². The molecule has 0 bridgehead atoms. The molecule has 0 aliphatic carbocycles. The first-order valence-corrected chi connectivity index (χ1v) is 6.86. The van der Waals surface area contributed by atoms with Crippen LogP contribution in [0.25, 0.3) is 6.08 Å².